The van der Waals surface area contributed by atoms with Crippen molar-refractivity contribution >= 4 is 28.6 Å². The van der Waals surface area contributed by atoms with E-state index in [1.165, 1.54) is 17.8 Å². The number of amides is 1. The number of hydrogen-bond acceptors (Lipinski definition) is 6. The van der Waals surface area contributed by atoms with Gasteiger partial charge in [-0.2, -0.15) is 0 Å². The van der Waals surface area contributed by atoms with E-state index in [1.807, 2.05) is 0 Å². The van der Waals surface area contributed by atoms with Gasteiger partial charge < -0.3 is 5.32 Å². The van der Waals surface area contributed by atoms with E-state index >= 15 is 0 Å². The summed E-state index contributed by atoms with van der Waals surface area (Å²) >= 11 is 1.32. The summed E-state index contributed by atoms with van der Waals surface area (Å²) in [5.74, 6) is -0.219. The molecule has 1 N–H and O–H groups in total. The molecule has 2 heterocycles. The Morgan fingerprint density at radius 2 is 2.00 bits per heavy atom. The second kappa shape index (κ2) is 10.3. The highest BCUT2D eigenvalue weighted by Crippen LogP contribution is 2.40. The Kier molecular flexibility index (Phi) is 7.43. The van der Waals surface area contributed by atoms with E-state index in [1.54, 1.807) is 25.1 Å². The second-order valence-corrected chi connectivity index (χ2v) is 10.2. The molecule has 3 fully saturated rings. The number of rotatable bonds is 7. The van der Waals surface area contributed by atoms with Crippen LogP contribution in [0.25, 0.3) is 0 Å². The lowest BCUT2D eigenvalue weighted by Gasteiger charge is -2.39. The number of piperidine rings is 1. The zero-order valence-corrected chi connectivity index (χ0v) is 19.2. The topological polar surface area (TPSA) is 69.7 Å². The number of likely N-dealkylation sites (tertiary alicyclic amines) is 1. The molecule has 2 aliphatic heterocycles. The predicted molar refractivity (Wildman–Crippen MR) is 123 cm³/mol. The molecule has 2 saturated heterocycles. The van der Waals surface area contributed by atoms with Crippen molar-refractivity contribution in [2.24, 2.45) is 5.92 Å². The van der Waals surface area contributed by atoms with E-state index in [4.69, 9.17) is 0 Å². The van der Waals surface area contributed by atoms with Gasteiger partial charge in [0, 0.05) is 56.4 Å². The van der Waals surface area contributed by atoms with Gasteiger partial charge in [0.05, 0.1) is 12.6 Å². The fourth-order valence-electron chi connectivity index (χ4n) is 4.55. The molecule has 1 aromatic rings. The number of thioether (sulfide) groups is 1. The molecule has 1 saturated carbocycles. The maximum absolute atomic E-state index is 14.7. The number of nitrogens with zero attached hydrogens (tertiary/aromatic N) is 2. The van der Waals surface area contributed by atoms with Crippen LogP contribution in [0.3, 0.4) is 0 Å². The largest absolute Gasteiger partial charge is 0.354 e. The van der Waals surface area contributed by atoms with Gasteiger partial charge >= 0.3 is 0 Å². The Bertz CT molecular complexity index is 918. The van der Waals surface area contributed by atoms with Crippen molar-refractivity contribution in [1.29, 1.82) is 0 Å². The maximum Gasteiger partial charge on any atom is 0.234 e. The summed E-state index contributed by atoms with van der Waals surface area (Å²) in [6.07, 6.45) is 4.57. The van der Waals surface area contributed by atoms with Crippen LogP contribution in [0.2, 0.25) is 0 Å². The van der Waals surface area contributed by atoms with Crippen LogP contribution in [0.15, 0.2) is 35.9 Å². The molecule has 3 aliphatic rings. The van der Waals surface area contributed by atoms with Crippen LogP contribution in [0.5, 0.6) is 0 Å². The van der Waals surface area contributed by atoms with Crippen molar-refractivity contribution in [2.45, 2.75) is 37.5 Å². The molecule has 1 aliphatic carbocycles. The van der Waals surface area contributed by atoms with Gasteiger partial charge in [-0.25, -0.2) is 4.39 Å². The van der Waals surface area contributed by atoms with Gasteiger partial charge in [0.2, 0.25) is 5.91 Å². The van der Waals surface area contributed by atoms with E-state index in [0.29, 0.717) is 38.3 Å². The van der Waals surface area contributed by atoms with E-state index in [2.05, 4.69) is 21.2 Å². The monoisotopic (exact) mass is 459 g/mol. The fraction of sp³-hybridized carbons (Fsp3) is 0.542. The third kappa shape index (κ3) is 5.66. The minimum atomic E-state index is -0.601. The fourth-order valence-corrected chi connectivity index (χ4v) is 5.49. The van der Waals surface area contributed by atoms with E-state index in [9.17, 15) is 18.8 Å². The Balaban J connectivity index is 1.57. The van der Waals surface area contributed by atoms with Gasteiger partial charge in [-0.15, -0.1) is 0 Å². The van der Waals surface area contributed by atoms with Gasteiger partial charge in [0.25, 0.3) is 0 Å². The quantitative estimate of drug-likeness (QED) is 0.632. The van der Waals surface area contributed by atoms with Crippen molar-refractivity contribution in [1.82, 2.24) is 15.1 Å². The van der Waals surface area contributed by atoms with E-state index < -0.39 is 6.04 Å². The molecule has 1 aromatic carbocycles. The third-order valence-corrected chi connectivity index (χ3v) is 7.48. The second-order valence-electron chi connectivity index (χ2n) is 8.82. The number of Topliss-reactive ketones (excluding diaryl/α,β-unsaturated/α-hetero) is 1. The number of carbonyl (C=O) groups is 3. The summed E-state index contributed by atoms with van der Waals surface area (Å²) in [6, 6.07) is 5.96. The van der Waals surface area contributed by atoms with Crippen LogP contribution in [0, 0.1) is 11.7 Å². The molecule has 0 spiro atoms. The van der Waals surface area contributed by atoms with Gasteiger partial charge in [-0.3, -0.25) is 24.2 Å². The molecule has 8 heteroatoms. The van der Waals surface area contributed by atoms with Gasteiger partial charge in [0.15, 0.2) is 10.9 Å². The molecule has 32 heavy (non-hydrogen) atoms. The van der Waals surface area contributed by atoms with E-state index in [-0.39, 0.29) is 33.8 Å². The number of halogens is 1. The van der Waals surface area contributed by atoms with E-state index in [0.717, 1.165) is 31.4 Å². The minimum absolute atomic E-state index is 0.0169. The lowest BCUT2D eigenvalue weighted by atomic mass is 9.93. The third-order valence-electron chi connectivity index (χ3n) is 6.33. The normalized spacial score (nSPS) is 24.9. The van der Waals surface area contributed by atoms with Crippen LogP contribution in [-0.2, 0) is 14.4 Å². The van der Waals surface area contributed by atoms with Crippen LogP contribution >= 0.6 is 11.8 Å². The maximum atomic E-state index is 14.7. The summed E-state index contributed by atoms with van der Waals surface area (Å²) in [5, 5.41) is 2.93. The molecule has 4 rings (SSSR count). The van der Waals surface area contributed by atoms with Gasteiger partial charge in [-0.1, -0.05) is 36.0 Å². The van der Waals surface area contributed by atoms with Crippen molar-refractivity contribution < 1.29 is 18.8 Å². The number of carbonyl (C=O) groups excluding carboxylic acids is 3. The lowest BCUT2D eigenvalue weighted by Crippen LogP contribution is -2.48. The highest BCUT2D eigenvalue weighted by molar-refractivity contribution is 8.14. The average Bonchev–Trinajstić information content (AvgIpc) is 3.60. The number of ketones is 1. The summed E-state index contributed by atoms with van der Waals surface area (Å²) in [5.41, 5.74) is 1.52. The Hall–Kier alpha value is -2.03. The number of piperazine rings is 1. The summed E-state index contributed by atoms with van der Waals surface area (Å²) < 4.78 is 14.7. The average molecular weight is 460 g/mol. The zero-order chi connectivity index (χ0) is 22.7. The van der Waals surface area contributed by atoms with Crippen LogP contribution in [0.4, 0.5) is 4.39 Å². The Morgan fingerprint density at radius 1 is 1.22 bits per heavy atom. The molecule has 172 valence electrons. The first-order valence-corrected chi connectivity index (χ1v) is 12.2. The van der Waals surface area contributed by atoms with Crippen LogP contribution in [0.1, 0.15) is 37.8 Å². The molecule has 2 unspecified atom stereocenters. The summed E-state index contributed by atoms with van der Waals surface area (Å²) in [4.78, 5) is 40.9. The molecule has 0 aromatic heterocycles. The standard InChI is InChI=1S/C24H30FN3O3S/c1-16(29)32-21-9-12-28(14-18(21)8-11-27-13-10-26-22(30)15-27)23(24(31)17-6-7-17)19-4-2-3-5-20(19)25/h2-5,8,17,21,23H,6-7,9-15H2,1H3,(H,26,30)/b18-8-. The lowest BCUT2D eigenvalue weighted by molar-refractivity contribution is -0.126. The smallest absolute Gasteiger partial charge is 0.234 e. The zero-order valence-electron chi connectivity index (χ0n) is 18.4. The van der Waals surface area contributed by atoms with Crippen molar-refractivity contribution in [3.8, 4) is 0 Å². The van der Waals surface area contributed by atoms with Crippen LogP contribution < -0.4 is 5.32 Å². The molecular formula is C24H30FN3O3S. The van der Waals surface area contributed by atoms with Gasteiger partial charge in [-0.05, 0) is 30.9 Å². The molecular weight excluding hydrogens is 429 g/mol. The van der Waals surface area contributed by atoms with Crippen LogP contribution in [-0.4, -0.2) is 71.1 Å². The number of benzene rings is 1. The summed E-state index contributed by atoms with van der Waals surface area (Å²) in [7, 11) is 0. The first-order chi connectivity index (χ1) is 15.4. The Morgan fingerprint density at radius 3 is 2.69 bits per heavy atom. The highest BCUT2D eigenvalue weighted by Gasteiger charge is 2.41. The van der Waals surface area contributed by atoms with Gasteiger partial charge in [0.1, 0.15) is 5.82 Å². The molecule has 0 bridgehead atoms. The molecule has 2 atom stereocenters. The Labute approximate surface area is 192 Å². The molecule has 6 nitrogen and oxygen atoms in total. The minimum Gasteiger partial charge on any atom is -0.354 e. The van der Waals surface area contributed by atoms with Crippen molar-refractivity contribution in [3.05, 3.63) is 47.3 Å². The SMILES string of the molecule is CC(=O)SC1CCN(C(C(=O)C2CC2)c2ccccc2F)C/C1=C/CN1CCNC(=O)C1. The molecule has 1 amide bonds. The number of hydrogen-bond donors (Lipinski definition) is 1. The van der Waals surface area contributed by atoms with Crippen molar-refractivity contribution in [3.63, 3.8) is 0 Å². The summed E-state index contributed by atoms with van der Waals surface area (Å²) in [6.45, 7) is 5.10. The predicted octanol–water partition coefficient (Wildman–Crippen LogP) is 2.56. The molecule has 0 radical (unpaired) electrons. The first kappa shape index (κ1) is 23.1. The highest BCUT2D eigenvalue weighted by atomic mass is 32.2. The first-order valence-electron chi connectivity index (χ1n) is 11.3. The number of nitrogens with one attached hydrogen (secondary N) is 1. The van der Waals surface area contributed by atoms with Crippen molar-refractivity contribution in [2.75, 3.05) is 39.3 Å².